The Balaban J connectivity index is 2.52. The van der Waals surface area contributed by atoms with Crippen molar-refractivity contribution in [3.8, 4) is 0 Å². The molecule has 1 heterocycles. The third-order valence-corrected chi connectivity index (χ3v) is 2.86. The molecule has 0 saturated heterocycles. The topological polar surface area (TPSA) is 55.3 Å². The Labute approximate surface area is 107 Å². The fraction of sp³-hybridized carbons (Fsp3) is 0.667. The molecule has 16 heavy (non-hydrogen) atoms. The number of rotatable bonds is 2. The summed E-state index contributed by atoms with van der Waals surface area (Å²) in [5, 5.41) is 8.48. The van der Waals surface area contributed by atoms with Crippen LogP contribution in [-0.2, 0) is 11.3 Å². The number of nitrogens with zero attached hydrogens (tertiary/aromatic N) is 3. The van der Waals surface area contributed by atoms with Crippen LogP contribution in [0.15, 0.2) is 3.92 Å². The van der Waals surface area contributed by atoms with E-state index in [2.05, 4.69) is 26.1 Å². The molecule has 0 aliphatic carbocycles. The average molecular weight is 308 g/mol. The van der Waals surface area contributed by atoms with Crippen molar-refractivity contribution in [3.63, 3.8) is 0 Å². The van der Waals surface area contributed by atoms with E-state index in [-0.39, 0.29) is 6.09 Å². The summed E-state index contributed by atoms with van der Waals surface area (Å²) in [6, 6.07) is 0. The lowest BCUT2D eigenvalue weighted by Gasteiger charge is -2.23. The molecule has 0 spiro atoms. The SMILES string of the molecule is CN(Cc1nnc(Br)s1)C(=O)OC(C)(C)C. The predicted molar refractivity (Wildman–Crippen MR) is 65.3 cm³/mol. The van der Waals surface area contributed by atoms with E-state index in [1.807, 2.05) is 20.8 Å². The van der Waals surface area contributed by atoms with Gasteiger partial charge in [0.2, 0.25) is 0 Å². The number of carbonyl (C=O) groups excluding carboxylic acids is 1. The number of hydrogen-bond donors (Lipinski definition) is 0. The van der Waals surface area contributed by atoms with E-state index in [0.717, 1.165) is 5.01 Å². The van der Waals surface area contributed by atoms with E-state index >= 15 is 0 Å². The van der Waals surface area contributed by atoms with Gasteiger partial charge in [0.1, 0.15) is 10.6 Å². The summed E-state index contributed by atoms with van der Waals surface area (Å²) in [5.41, 5.74) is -0.479. The van der Waals surface area contributed by atoms with E-state index in [0.29, 0.717) is 10.5 Å². The zero-order chi connectivity index (χ0) is 12.3. The predicted octanol–water partition coefficient (Wildman–Crippen LogP) is 2.67. The number of ether oxygens (including phenoxy) is 1. The first kappa shape index (κ1) is 13.4. The van der Waals surface area contributed by atoms with Crippen molar-refractivity contribution in [2.24, 2.45) is 0 Å². The summed E-state index contributed by atoms with van der Waals surface area (Å²) in [4.78, 5) is 13.1. The number of aromatic nitrogens is 2. The van der Waals surface area contributed by atoms with Crippen LogP contribution in [0.4, 0.5) is 4.79 Å². The second-order valence-corrected chi connectivity index (χ2v) is 6.62. The van der Waals surface area contributed by atoms with Crippen LogP contribution in [0, 0.1) is 0 Å². The van der Waals surface area contributed by atoms with E-state index in [9.17, 15) is 4.79 Å². The van der Waals surface area contributed by atoms with Crippen molar-refractivity contribution >= 4 is 33.4 Å². The zero-order valence-electron chi connectivity index (χ0n) is 9.65. The maximum Gasteiger partial charge on any atom is 0.410 e. The van der Waals surface area contributed by atoms with Gasteiger partial charge in [-0.2, -0.15) is 0 Å². The van der Waals surface area contributed by atoms with Crippen molar-refractivity contribution in [3.05, 3.63) is 8.92 Å². The van der Waals surface area contributed by atoms with Crippen LogP contribution in [-0.4, -0.2) is 33.8 Å². The fourth-order valence-corrected chi connectivity index (χ4v) is 2.16. The van der Waals surface area contributed by atoms with Crippen LogP contribution in [0.5, 0.6) is 0 Å². The minimum absolute atomic E-state index is 0.362. The number of halogens is 1. The number of hydrogen-bond acceptors (Lipinski definition) is 5. The molecular formula is C9H14BrN3O2S. The Morgan fingerprint density at radius 1 is 1.50 bits per heavy atom. The average Bonchev–Trinajstić information content (AvgIpc) is 2.48. The Morgan fingerprint density at radius 3 is 2.56 bits per heavy atom. The van der Waals surface area contributed by atoms with Crippen LogP contribution in [0.1, 0.15) is 25.8 Å². The summed E-state index contributed by atoms with van der Waals surface area (Å²) in [6.45, 7) is 5.90. The summed E-state index contributed by atoms with van der Waals surface area (Å²) in [5.74, 6) is 0. The van der Waals surface area contributed by atoms with Crippen molar-refractivity contribution in [1.29, 1.82) is 0 Å². The Bertz CT molecular complexity index is 375. The first-order chi connectivity index (χ1) is 7.28. The maximum atomic E-state index is 11.6. The first-order valence-corrected chi connectivity index (χ1v) is 6.31. The number of carbonyl (C=O) groups is 1. The van der Waals surface area contributed by atoms with Crippen molar-refractivity contribution < 1.29 is 9.53 Å². The Morgan fingerprint density at radius 2 is 2.12 bits per heavy atom. The van der Waals surface area contributed by atoms with Crippen molar-refractivity contribution in [2.45, 2.75) is 32.9 Å². The lowest BCUT2D eigenvalue weighted by Crippen LogP contribution is -2.33. The smallest absolute Gasteiger partial charge is 0.410 e. The van der Waals surface area contributed by atoms with Gasteiger partial charge in [0.05, 0.1) is 6.54 Å². The standard InChI is InChI=1S/C9H14BrN3O2S/c1-9(2,3)15-8(14)13(4)5-6-11-12-7(10)16-6/h5H2,1-4H3. The summed E-state index contributed by atoms with van der Waals surface area (Å²) in [6.07, 6.45) is -0.362. The summed E-state index contributed by atoms with van der Waals surface area (Å²) in [7, 11) is 1.67. The van der Waals surface area contributed by atoms with E-state index in [4.69, 9.17) is 4.74 Å². The van der Waals surface area contributed by atoms with E-state index < -0.39 is 5.60 Å². The minimum Gasteiger partial charge on any atom is -0.444 e. The van der Waals surface area contributed by atoms with Gasteiger partial charge in [0.15, 0.2) is 3.92 Å². The third-order valence-electron chi connectivity index (χ3n) is 1.52. The van der Waals surface area contributed by atoms with Gasteiger partial charge in [0.25, 0.3) is 0 Å². The van der Waals surface area contributed by atoms with E-state index in [1.165, 1.54) is 16.2 Å². The molecule has 0 radical (unpaired) electrons. The molecule has 0 aromatic carbocycles. The minimum atomic E-state index is -0.479. The van der Waals surface area contributed by atoms with E-state index in [1.54, 1.807) is 7.05 Å². The molecule has 0 unspecified atom stereocenters. The fourth-order valence-electron chi connectivity index (χ4n) is 0.904. The Kier molecular flexibility index (Phi) is 4.26. The van der Waals surface area contributed by atoms with Gasteiger partial charge < -0.3 is 9.64 Å². The maximum absolute atomic E-state index is 11.6. The highest BCUT2D eigenvalue weighted by Crippen LogP contribution is 2.17. The second kappa shape index (κ2) is 5.09. The van der Waals surface area contributed by atoms with Crippen LogP contribution >= 0.6 is 27.3 Å². The first-order valence-electron chi connectivity index (χ1n) is 4.70. The largest absolute Gasteiger partial charge is 0.444 e. The quantitative estimate of drug-likeness (QED) is 0.843. The van der Waals surface area contributed by atoms with Gasteiger partial charge in [-0.15, -0.1) is 10.2 Å². The molecule has 1 aromatic heterocycles. The molecular weight excluding hydrogens is 294 g/mol. The third kappa shape index (κ3) is 4.44. The molecule has 1 amide bonds. The molecule has 1 rings (SSSR count). The van der Waals surface area contributed by atoms with Gasteiger partial charge in [-0.1, -0.05) is 11.3 Å². The van der Waals surface area contributed by atoms with Gasteiger partial charge in [-0.3, -0.25) is 0 Å². The molecule has 0 bridgehead atoms. The van der Waals surface area contributed by atoms with Crippen LogP contribution < -0.4 is 0 Å². The van der Waals surface area contributed by atoms with Gasteiger partial charge in [0, 0.05) is 7.05 Å². The lowest BCUT2D eigenvalue weighted by atomic mass is 10.2. The van der Waals surface area contributed by atoms with Gasteiger partial charge >= 0.3 is 6.09 Å². The van der Waals surface area contributed by atoms with Crippen molar-refractivity contribution in [2.75, 3.05) is 7.05 Å². The molecule has 0 N–H and O–H groups in total. The highest BCUT2D eigenvalue weighted by Gasteiger charge is 2.20. The summed E-state index contributed by atoms with van der Waals surface area (Å²) >= 11 is 4.61. The van der Waals surface area contributed by atoms with Crippen LogP contribution in [0.2, 0.25) is 0 Å². The zero-order valence-corrected chi connectivity index (χ0v) is 12.1. The molecule has 0 aliphatic heterocycles. The molecule has 90 valence electrons. The molecule has 1 aromatic rings. The van der Waals surface area contributed by atoms with Crippen LogP contribution in [0.3, 0.4) is 0 Å². The highest BCUT2D eigenvalue weighted by molar-refractivity contribution is 9.11. The second-order valence-electron chi connectivity index (χ2n) is 4.29. The van der Waals surface area contributed by atoms with Crippen LogP contribution in [0.25, 0.3) is 0 Å². The molecule has 0 aliphatic rings. The molecule has 5 nitrogen and oxygen atoms in total. The Hall–Kier alpha value is -0.690. The molecule has 0 atom stereocenters. The van der Waals surface area contributed by atoms with Gasteiger partial charge in [-0.25, -0.2) is 4.79 Å². The molecule has 7 heteroatoms. The molecule has 0 saturated carbocycles. The number of amides is 1. The monoisotopic (exact) mass is 307 g/mol. The lowest BCUT2D eigenvalue weighted by molar-refractivity contribution is 0.0285. The highest BCUT2D eigenvalue weighted by atomic mass is 79.9. The summed E-state index contributed by atoms with van der Waals surface area (Å²) < 4.78 is 5.92. The molecule has 0 fully saturated rings. The van der Waals surface area contributed by atoms with Crippen molar-refractivity contribution in [1.82, 2.24) is 15.1 Å². The normalized spacial score (nSPS) is 11.3. The van der Waals surface area contributed by atoms with Gasteiger partial charge in [-0.05, 0) is 36.7 Å².